The van der Waals surface area contributed by atoms with Crippen molar-refractivity contribution in [3.8, 4) is 11.8 Å². The van der Waals surface area contributed by atoms with E-state index in [0.29, 0.717) is 18.1 Å². The lowest BCUT2D eigenvalue weighted by molar-refractivity contribution is 0.234. The van der Waals surface area contributed by atoms with Crippen LogP contribution in [0.4, 0.5) is 0 Å². The van der Waals surface area contributed by atoms with Crippen LogP contribution in [-0.2, 0) is 6.54 Å². The molecule has 1 aliphatic carbocycles. The third-order valence-electron chi connectivity index (χ3n) is 3.72. The Morgan fingerprint density at radius 3 is 2.90 bits per heavy atom. The third-order valence-corrected chi connectivity index (χ3v) is 4.02. The normalized spacial score (nSPS) is 15.7. The summed E-state index contributed by atoms with van der Waals surface area (Å²) in [5, 5.41) is 12.9. The summed E-state index contributed by atoms with van der Waals surface area (Å²) in [6, 6.07) is 8.08. The lowest BCUT2D eigenvalue weighted by Crippen LogP contribution is -2.17. The average molecular weight is 293 g/mol. The molecule has 0 spiro atoms. The maximum atomic E-state index is 8.85. The van der Waals surface area contributed by atoms with Crippen molar-refractivity contribution in [2.75, 3.05) is 13.2 Å². The molecule has 1 aromatic rings. The first kappa shape index (κ1) is 15.2. The smallest absolute Gasteiger partial charge is 0.142 e. The molecule has 0 aliphatic heterocycles. The first-order valence-electron chi connectivity index (χ1n) is 7.18. The van der Waals surface area contributed by atoms with Crippen LogP contribution in [-0.4, -0.2) is 13.2 Å². The van der Waals surface area contributed by atoms with Crippen LogP contribution in [0.2, 0.25) is 5.02 Å². The minimum absolute atomic E-state index is 0.0715. The molecule has 0 radical (unpaired) electrons. The molecule has 108 valence electrons. The van der Waals surface area contributed by atoms with Gasteiger partial charge in [-0.1, -0.05) is 30.7 Å². The van der Waals surface area contributed by atoms with Crippen molar-refractivity contribution < 1.29 is 4.74 Å². The molecule has 0 unspecified atom stereocenters. The summed E-state index contributed by atoms with van der Waals surface area (Å²) in [7, 11) is 0. The van der Waals surface area contributed by atoms with Gasteiger partial charge in [0.05, 0.1) is 17.7 Å². The summed E-state index contributed by atoms with van der Waals surface area (Å²) in [4.78, 5) is 0. The van der Waals surface area contributed by atoms with Gasteiger partial charge in [0.25, 0.3) is 0 Å². The fourth-order valence-electron chi connectivity index (χ4n) is 2.20. The summed E-state index contributed by atoms with van der Waals surface area (Å²) >= 11 is 6.25. The van der Waals surface area contributed by atoms with E-state index in [9.17, 15) is 0 Å². The Kier molecular flexibility index (Phi) is 5.28. The lowest BCUT2D eigenvalue weighted by Gasteiger charge is -2.17. The molecule has 2 rings (SSSR count). The second-order valence-electron chi connectivity index (χ2n) is 5.53. The number of benzene rings is 1. The fraction of sp³-hybridized carbons (Fsp3) is 0.562. The number of para-hydroxylation sites is 1. The number of ether oxygens (including phenoxy) is 1. The number of hydrogen-bond acceptors (Lipinski definition) is 3. The minimum atomic E-state index is 0.0715. The highest BCUT2D eigenvalue weighted by Gasteiger charge is 2.43. The second kappa shape index (κ2) is 6.97. The summed E-state index contributed by atoms with van der Waals surface area (Å²) in [5.74, 6) is 0.766. The van der Waals surface area contributed by atoms with Crippen molar-refractivity contribution in [1.29, 1.82) is 5.26 Å². The standard InChI is InChI=1S/C16H21ClN2O/c1-2-10-19-11-13-4-3-5-14(17)15(13)20-12-16(6-7-16)8-9-18/h3-5,19H,2,6-8,10-12H2,1H3. The van der Waals surface area contributed by atoms with E-state index in [-0.39, 0.29) is 5.41 Å². The van der Waals surface area contributed by atoms with Gasteiger partial charge in [0, 0.05) is 23.9 Å². The zero-order chi connectivity index (χ0) is 14.4. The largest absolute Gasteiger partial charge is 0.491 e. The first-order chi connectivity index (χ1) is 9.71. The Morgan fingerprint density at radius 2 is 2.25 bits per heavy atom. The van der Waals surface area contributed by atoms with E-state index in [2.05, 4.69) is 18.3 Å². The van der Waals surface area contributed by atoms with Gasteiger partial charge in [-0.3, -0.25) is 0 Å². The van der Waals surface area contributed by atoms with Crippen molar-refractivity contribution in [1.82, 2.24) is 5.32 Å². The molecular formula is C16H21ClN2O. The zero-order valence-electron chi connectivity index (χ0n) is 11.9. The van der Waals surface area contributed by atoms with E-state index in [1.165, 1.54) is 0 Å². The SMILES string of the molecule is CCCNCc1cccc(Cl)c1OCC1(CC#N)CC1. The topological polar surface area (TPSA) is 45.0 Å². The third kappa shape index (κ3) is 3.88. The molecule has 0 aromatic heterocycles. The Bertz CT molecular complexity index is 492. The highest BCUT2D eigenvalue weighted by molar-refractivity contribution is 6.32. The van der Waals surface area contributed by atoms with Crippen LogP contribution in [0.15, 0.2) is 18.2 Å². The van der Waals surface area contributed by atoms with Crippen molar-refractivity contribution in [2.45, 2.75) is 39.2 Å². The molecule has 3 nitrogen and oxygen atoms in total. The first-order valence-corrected chi connectivity index (χ1v) is 7.56. The number of halogens is 1. The Morgan fingerprint density at radius 1 is 1.45 bits per heavy atom. The highest BCUT2D eigenvalue weighted by atomic mass is 35.5. The lowest BCUT2D eigenvalue weighted by atomic mass is 10.1. The molecule has 1 aromatic carbocycles. The molecular weight excluding hydrogens is 272 g/mol. The van der Waals surface area contributed by atoms with Gasteiger partial charge in [0.2, 0.25) is 0 Å². The van der Waals surface area contributed by atoms with Gasteiger partial charge in [0.15, 0.2) is 0 Å². The molecule has 1 aliphatic rings. The highest BCUT2D eigenvalue weighted by Crippen LogP contribution is 2.49. The maximum absolute atomic E-state index is 8.85. The van der Waals surface area contributed by atoms with Crippen LogP contribution in [0, 0.1) is 16.7 Å². The second-order valence-corrected chi connectivity index (χ2v) is 5.94. The molecule has 20 heavy (non-hydrogen) atoms. The number of rotatable bonds is 8. The summed E-state index contributed by atoms with van der Waals surface area (Å²) in [5.41, 5.74) is 1.15. The van der Waals surface area contributed by atoms with Gasteiger partial charge in [0.1, 0.15) is 5.75 Å². The van der Waals surface area contributed by atoms with E-state index < -0.39 is 0 Å². The molecule has 0 saturated heterocycles. The van der Waals surface area contributed by atoms with Gasteiger partial charge in [-0.2, -0.15) is 5.26 Å². The number of nitriles is 1. The van der Waals surface area contributed by atoms with Crippen molar-refractivity contribution in [3.63, 3.8) is 0 Å². The van der Waals surface area contributed by atoms with E-state index in [0.717, 1.165) is 43.7 Å². The molecule has 1 fully saturated rings. The van der Waals surface area contributed by atoms with Crippen molar-refractivity contribution in [3.05, 3.63) is 28.8 Å². The van der Waals surface area contributed by atoms with Crippen LogP contribution in [0.3, 0.4) is 0 Å². The van der Waals surface area contributed by atoms with Gasteiger partial charge in [-0.05, 0) is 31.9 Å². The Balaban J connectivity index is 2.00. The monoisotopic (exact) mass is 292 g/mol. The van der Waals surface area contributed by atoms with Gasteiger partial charge in [-0.15, -0.1) is 0 Å². The zero-order valence-corrected chi connectivity index (χ0v) is 12.7. The van der Waals surface area contributed by atoms with E-state index in [1.54, 1.807) is 0 Å². The molecule has 0 heterocycles. The van der Waals surface area contributed by atoms with Crippen LogP contribution in [0.25, 0.3) is 0 Å². The molecule has 0 atom stereocenters. The van der Waals surface area contributed by atoms with Crippen LogP contribution in [0.5, 0.6) is 5.75 Å². The number of nitrogens with one attached hydrogen (secondary N) is 1. The summed E-state index contributed by atoms with van der Waals surface area (Å²) < 4.78 is 5.96. The van der Waals surface area contributed by atoms with Gasteiger partial charge < -0.3 is 10.1 Å². The molecule has 1 saturated carbocycles. The van der Waals surface area contributed by atoms with E-state index >= 15 is 0 Å². The maximum Gasteiger partial charge on any atom is 0.142 e. The predicted octanol–water partition coefficient (Wildman–Crippen LogP) is 3.91. The Labute approximate surface area is 125 Å². The average Bonchev–Trinajstić information content (AvgIpc) is 3.19. The van der Waals surface area contributed by atoms with Crippen LogP contribution >= 0.6 is 11.6 Å². The quantitative estimate of drug-likeness (QED) is 0.739. The predicted molar refractivity (Wildman–Crippen MR) is 80.8 cm³/mol. The van der Waals surface area contributed by atoms with Crippen LogP contribution in [0.1, 0.15) is 38.2 Å². The minimum Gasteiger partial charge on any atom is -0.491 e. The number of hydrogen-bond donors (Lipinski definition) is 1. The van der Waals surface area contributed by atoms with E-state index in [4.69, 9.17) is 21.6 Å². The molecule has 1 N–H and O–H groups in total. The number of nitrogens with zero attached hydrogens (tertiary/aromatic N) is 1. The van der Waals surface area contributed by atoms with Crippen LogP contribution < -0.4 is 10.1 Å². The van der Waals surface area contributed by atoms with E-state index in [1.807, 2.05) is 18.2 Å². The molecule has 0 bridgehead atoms. The fourth-order valence-corrected chi connectivity index (χ4v) is 2.44. The van der Waals surface area contributed by atoms with Crippen molar-refractivity contribution >= 4 is 11.6 Å². The Hall–Kier alpha value is -1.24. The van der Waals surface area contributed by atoms with Gasteiger partial charge in [-0.25, -0.2) is 0 Å². The van der Waals surface area contributed by atoms with Gasteiger partial charge >= 0.3 is 0 Å². The summed E-state index contributed by atoms with van der Waals surface area (Å²) in [6.45, 7) is 4.46. The van der Waals surface area contributed by atoms with Crippen molar-refractivity contribution in [2.24, 2.45) is 5.41 Å². The molecule has 4 heteroatoms. The summed E-state index contributed by atoms with van der Waals surface area (Å²) in [6.07, 6.45) is 3.83. The molecule has 0 amide bonds.